The molecule has 0 bridgehead atoms. The SMILES string of the molecule is Cc1ccc(-c2c(C)c3c(c(C)c2[C@H](OC(C)(C)C)C(=O)O)CN(c2ccc(F)cc2F)C3)cc1. The van der Waals surface area contributed by atoms with Gasteiger partial charge in [-0.25, -0.2) is 13.6 Å². The van der Waals surface area contributed by atoms with Gasteiger partial charge in [-0.15, -0.1) is 0 Å². The van der Waals surface area contributed by atoms with E-state index in [0.29, 0.717) is 24.3 Å². The monoisotopic (exact) mass is 479 g/mol. The van der Waals surface area contributed by atoms with Gasteiger partial charge in [-0.3, -0.25) is 0 Å². The molecule has 184 valence electrons. The van der Waals surface area contributed by atoms with E-state index in [1.165, 1.54) is 12.1 Å². The lowest BCUT2D eigenvalue weighted by Gasteiger charge is -2.29. The van der Waals surface area contributed by atoms with Gasteiger partial charge in [0, 0.05) is 24.7 Å². The molecule has 1 atom stereocenters. The lowest BCUT2D eigenvalue weighted by Crippen LogP contribution is -2.28. The molecule has 1 aliphatic rings. The summed E-state index contributed by atoms with van der Waals surface area (Å²) in [7, 11) is 0. The van der Waals surface area contributed by atoms with Gasteiger partial charge in [0.25, 0.3) is 0 Å². The molecule has 0 aliphatic carbocycles. The third kappa shape index (κ3) is 4.80. The van der Waals surface area contributed by atoms with Crippen molar-refractivity contribution in [1.29, 1.82) is 0 Å². The zero-order chi connectivity index (χ0) is 25.7. The molecule has 1 heterocycles. The Morgan fingerprint density at radius 2 is 1.57 bits per heavy atom. The molecule has 6 heteroatoms. The average Bonchev–Trinajstić information content (AvgIpc) is 3.20. The minimum absolute atomic E-state index is 0.320. The van der Waals surface area contributed by atoms with Crippen molar-refractivity contribution in [2.24, 2.45) is 0 Å². The number of aliphatic carboxylic acids is 1. The summed E-state index contributed by atoms with van der Waals surface area (Å²) in [6.45, 7) is 12.3. The van der Waals surface area contributed by atoms with E-state index in [-0.39, 0.29) is 0 Å². The van der Waals surface area contributed by atoms with E-state index in [9.17, 15) is 18.7 Å². The van der Waals surface area contributed by atoms with Crippen molar-refractivity contribution in [2.75, 3.05) is 4.90 Å². The molecule has 3 aromatic rings. The maximum absolute atomic E-state index is 14.6. The summed E-state index contributed by atoms with van der Waals surface area (Å²) in [5.74, 6) is -2.30. The van der Waals surface area contributed by atoms with Crippen LogP contribution in [0.2, 0.25) is 0 Å². The normalized spacial score (nSPS) is 14.2. The van der Waals surface area contributed by atoms with Crippen LogP contribution < -0.4 is 4.90 Å². The number of hydrogen-bond donors (Lipinski definition) is 1. The number of ether oxygens (including phenoxy) is 1. The molecule has 0 saturated heterocycles. The van der Waals surface area contributed by atoms with E-state index in [1.54, 1.807) is 0 Å². The summed E-state index contributed by atoms with van der Waals surface area (Å²) in [4.78, 5) is 14.4. The molecule has 0 aromatic heterocycles. The van der Waals surface area contributed by atoms with Crippen molar-refractivity contribution in [3.8, 4) is 11.1 Å². The summed E-state index contributed by atoms with van der Waals surface area (Å²) in [6, 6.07) is 11.6. The number of fused-ring (bicyclic) bond motifs is 1. The Hall–Kier alpha value is -3.25. The van der Waals surface area contributed by atoms with E-state index >= 15 is 0 Å². The minimum Gasteiger partial charge on any atom is -0.479 e. The Morgan fingerprint density at radius 3 is 2.11 bits per heavy atom. The highest BCUT2D eigenvalue weighted by Gasteiger charge is 2.36. The van der Waals surface area contributed by atoms with Crippen molar-refractivity contribution < 1.29 is 23.4 Å². The summed E-state index contributed by atoms with van der Waals surface area (Å²) < 4.78 is 34.2. The number of carbonyl (C=O) groups is 1. The number of halogens is 2. The van der Waals surface area contributed by atoms with Crippen LogP contribution in [-0.4, -0.2) is 16.7 Å². The first-order valence-electron chi connectivity index (χ1n) is 11.7. The minimum atomic E-state index is -1.17. The van der Waals surface area contributed by atoms with Crippen LogP contribution in [0.15, 0.2) is 42.5 Å². The van der Waals surface area contributed by atoms with E-state index in [2.05, 4.69) is 0 Å². The number of rotatable bonds is 5. The molecule has 35 heavy (non-hydrogen) atoms. The van der Waals surface area contributed by atoms with Crippen LogP contribution >= 0.6 is 0 Å². The highest BCUT2D eigenvalue weighted by Crippen LogP contribution is 2.44. The number of anilines is 1. The lowest BCUT2D eigenvalue weighted by molar-refractivity contribution is -0.160. The Labute approximate surface area is 205 Å². The first-order chi connectivity index (χ1) is 16.4. The van der Waals surface area contributed by atoms with Crippen molar-refractivity contribution in [2.45, 2.75) is 66.3 Å². The first kappa shape index (κ1) is 24.9. The van der Waals surface area contributed by atoms with Gasteiger partial charge >= 0.3 is 5.97 Å². The van der Waals surface area contributed by atoms with Gasteiger partial charge in [-0.2, -0.15) is 0 Å². The lowest BCUT2D eigenvalue weighted by atomic mass is 9.83. The molecular weight excluding hydrogens is 448 g/mol. The molecule has 0 unspecified atom stereocenters. The average molecular weight is 480 g/mol. The fourth-order valence-electron chi connectivity index (χ4n) is 4.94. The molecule has 3 aromatic carbocycles. The van der Waals surface area contributed by atoms with Gasteiger partial charge < -0.3 is 14.7 Å². The van der Waals surface area contributed by atoms with Gasteiger partial charge in [0.15, 0.2) is 6.10 Å². The molecule has 0 amide bonds. The van der Waals surface area contributed by atoms with Gasteiger partial charge in [0.1, 0.15) is 11.6 Å². The molecule has 1 N–H and O–H groups in total. The summed E-state index contributed by atoms with van der Waals surface area (Å²) >= 11 is 0. The van der Waals surface area contributed by atoms with E-state index in [0.717, 1.165) is 45.0 Å². The van der Waals surface area contributed by atoms with Crippen molar-refractivity contribution in [1.82, 2.24) is 0 Å². The van der Waals surface area contributed by atoms with Crippen LogP contribution in [-0.2, 0) is 22.6 Å². The fourth-order valence-corrected chi connectivity index (χ4v) is 4.94. The summed E-state index contributed by atoms with van der Waals surface area (Å²) in [5.41, 5.74) is 6.85. The first-order valence-corrected chi connectivity index (χ1v) is 11.7. The van der Waals surface area contributed by atoms with Gasteiger partial charge in [-0.1, -0.05) is 29.8 Å². The number of carboxylic acid groups (broad SMARTS) is 1. The highest BCUT2D eigenvalue weighted by atomic mass is 19.1. The number of carboxylic acids is 1. The number of benzene rings is 3. The molecule has 4 rings (SSSR count). The molecular formula is C29H31F2NO3. The zero-order valence-electron chi connectivity index (χ0n) is 21.0. The number of hydrogen-bond acceptors (Lipinski definition) is 3. The Kier molecular flexibility index (Phi) is 6.45. The fraction of sp³-hybridized carbons (Fsp3) is 0.345. The van der Waals surface area contributed by atoms with Crippen molar-refractivity contribution >= 4 is 11.7 Å². The van der Waals surface area contributed by atoms with Crippen molar-refractivity contribution in [3.05, 3.63) is 87.5 Å². The molecule has 0 saturated carbocycles. The van der Waals surface area contributed by atoms with Crippen LogP contribution in [0.3, 0.4) is 0 Å². The molecule has 0 radical (unpaired) electrons. The summed E-state index contributed by atoms with van der Waals surface area (Å²) in [5, 5.41) is 10.2. The second-order valence-electron chi connectivity index (χ2n) is 10.3. The van der Waals surface area contributed by atoms with Crippen LogP contribution in [0.1, 0.15) is 60.3 Å². The Bertz CT molecular complexity index is 1290. The zero-order valence-corrected chi connectivity index (χ0v) is 21.0. The number of nitrogens with zero attached hydrogens (tertiary/aromatic N) is 1. The molecule has 1 aliphatic heterocycles. The molecule has 0 spiro atoms. The quantitative estimate of drug-likeness (QED) is 0.427. The topological polar surface area (TPSA) is 49.8 Å². The Morgan fingerprint density at radius 1 is 0.971 bits per heavy atom. The van der Waals surface area contributed by atoms with Crippen LogP contribution in [0.25, 0.3) is 11.1 Å². The summed E-state index contributed by atoms with van der Waals surface area (Å²) in [6.07, 6.45) is -1.17. The van der Waals surface area contributed by atoms with E-state index in [4.69, 9.17) is 4.74 Å². The molecule has 4 nitrogen and oxygen atoms in total. The predicted octanol–water partition coefficient (Wildman–Crippen LogP) is 7.02. The van der Waals surface area contributed by atoms with Crippen LogP contribution in [0, 0.1) is 32.4 Å². The Balaban J connectivity index is 1.94. The number of aryl methyl sites for hydroxylation is 1. The maximum atomic E-state index is 14.6. The second kappa shape index (κ2) is 9.08. The van der Waals surface area contributed by atoms with E-state index < -0.39 is 29.3 Å². The molecule has 0 fully saturated rings. The van der Waals surface area contributed by atoms with Gasteiger partial charge in [-0.05, 0) is 87.1 Å². The third-order valence-corrected chi connectivity index (χ3v) is 6.56. The van der Waals surface area contributed by atoms with Gasteiger partial charge in [0.05, 0.1) is 11.3 Å². The predicted molar refractivity (Wildman–Crippen MR) is 134 cm³/mol. The van der Waals surface area contributed by atoms with Crippen LogP contribution in [0.4, 0.5) is 14.5 Å². The largest absolute Gasteiger partial charge is 0.479 e. The van der Waals surface area contributed by atoms with E-state index in [1.807, 2.05) is 70.7 Å². The second-order valence-corrected chi connectivity index (χ2v) is 10.3. The van der Waals surface area contributed by atoms with Gasteiger partial charge in [0.2, 0.25) is 0 Å². The van der Waals surface area contributed by atoms with Crippen molar-refractivity contribution in [3.63, 3.8) is 0 Å². The van der Waals surface area contributed by atoms with Crippen LogP contribution in [0.5, 0.6) is 0 Å². The smallest absolute Gasteiger partial charge is 0.337 e. The standard InChI is InChI=1S/C29H31F2NO3/c1-16-7-9-19(10-8-16)25-17(2)21-14-32(24-12-11-20(30)13-23(24)31)15-22(21)18(3)26(25)27(28(33)34)35-29(4,5)6/h7-13,27H,14-15H2,1-6H3,(H,33,34)/t27-/m0/s1. The maximum Gasteiger partial charge on any atom is 0.337 e. The highest BCUT2D eigenvalue weighted by molar-refractivity contribution is 5.84. The third-order valence-electron chi connectivity index (χ3n) is 6.56.